The SMILES string of the molecule is C=C(Oc1ccn2c(CC3CC3)nnc2c1C(F)(F)F)C1CC1c1ccccc1F. The molecule has 156 valence electrons. The summed E-state index contributed by atoms with van der Waals surface area (Å²) in [5, 5.41) is 7.77. The predicted molar refractivity (Wildman–Crippen MR) is 101 cm³/mol. The molecule has 2 heterocycles. The molecule has 0 radical (unpaired) electrons. The number of alkyl halides is 3. The standard InChI is InChI=1S/C22H19F4N3O/c1-12(15-11-16(15)14-4-2-3-5-17(14)23)30-18-8-9-29-19(10-13-6-7-13)27-28-21(29)20(18)22(24,25)26/h2-5,8-9,13,15-16H,1,6-7,10-11H2. The van der Waals surface area contributed by atoms with Gasteiger partial charge in [0.05, 0.1) is 0 Å². The Bertz CT molecular complexity index is 1130. The van der Waals surface area contributed by atoms with Crippen molar-refractivity contribution in [2.24, 2.45) is 11.8 Å². The third-order valence-corrected chi connectivity index (χ3v) is 5.81. The van der Waals surface area contributed by atoms with Crippen LogP contribution in [-0.4, -0.2) is 14.6 Å². The second-order valence-corrected chi connectivity index (χ2v) is 8.05. The van der Waals surface area contributed by atoms with Crippen molar-refractivity contribution in [1.82, 2.24) is 14.6 Å². The van der Waals surface area contributed by atoms with Crippen molar-refractivity contribution in [3.63, 3.8) is 0 Å². The molecule has 2 saturated carbocycles. The molecule has 0 amide bonds. The van der Waals surface area contributed by atoms with E-state index in [1.807, 2.05) is 0 Å². The third kappa shape index (κ3) is 3.44. The van der Waals surface area contributed by atoms with Crippen LogP contribution in [0.25, 0.3) is 5.65 Å². The average molecular weight is 417 g/mol. The van der Waals surface area contributed by atoms with Gasteiger partial charge in [-0.3, -0.25) is 4.40 Å². The van der Waals surface area contributed by atoms with Gasteiger partial charge in [0.2, 0.25) is 0 Å². The largest absolute Gasteiger partial charge is 0.461 e. The summed E-state index contributed by atoms with van der Waals surface area (Å²) in [6.07, 6.45) is 0.152. The van der Waals surface area contributed by atoms with E-state index < -0.39 is 11.7 Å². The zero-order chi connectivity index (χ0) is 21.0. The van der Waals surface area contributed by atoms with Gasteiger partial charge in [0.15, 0.2) is 5.65 Å². The molecule has 30 heavy (non-hydrogen) atoms. The van der Waals surface area contributed by atoms with Crippen molar-refractivity contribution in [2.45, 2.75) is 37.8 Å². The second kappa shape index (κ2) is 6.82. The van der Waals surface area contributed by atoms with Gasteiger partial charge in [0, 0.05) is 18.5 Å². The van der Waals surface area contributed by atoms with E-state index in [2.05, 4.69) is 16.8 Å². The average Bonchev–Trinajstić information content (AvgIpc) is 3.60. The number of nitrogens with zero attached hydrogens (tertiary/aromatic N) is 3. The van der Waals surface area contributed by atoms with Crippen LogP contribution >= 0.6 is 0 Å². The van der Waals surface area contributed by atoms with Gasteiger partial charge in [-0.05, 0) is 48.8 Å². The summed E-state index contributed by atoms with van der Waals surface area (Å²) in [5.74, 6) is 0.109. The Hall–Kier alpha value is -2.90. The molecule has 2 aromatic heterocycles. The Labute approximate surface area is 170 Å². The molecule has 0 saturated heterocycles. The summed E-state index contributed by atoms with van der Waals surface area (Å²) >= 11 is 0. The second-order valence-electron chi connectivity index (χ2n) is 8.05. The van der Waals surface area contributed by atoms with Crippen molar-refractivity contribution in [3.8, 4) is 5.75 Å². The lowest BCUT2D eigenvalue weighted by molar-refractivity contribution is -0.137. The van der Waals surface area contributed by atoms with E-state index >= 15 is 0 Å². The van der Waals surface area contributed by atoms with Gasteiger partial charge in [0.1, 0.15) is 28.7 Å². The smallest absolute Gasteiger partial charge is 0.423 e. The molecule has 0 bridgehead atoms. The number of hydrogen-bond donors (Lipinski definition) is 0. The topological polar surface area (TPSA) is 39.4 Å². The molecule has 3 aromatic rings. The number of ether oxygens (including phenoxy) is 1. The van der Waals surface area contributed by atoms with Gasteiger partial charge in [-0.1, -0.05) is 24.8 Å². The highest BCUT2D eigenvalue weighted by molar-refractivity contribution is 5.57. The van der Waals surface area contributed by atoms with Crippen LogP contribution in [0.3, 0.4) is 0 Å². The maximum atomic E-state index is 14.0. The lowest BCUT2D eigenvalue weighted by atomic mass is 10.1. The predicted octanol–water partition coefficient (Wildman–Crippen LogP) is 5.54. The Morgan fingerprint density at radius 1 is 1.17 bits per heavy atom. The molecule has 2 aliphatic rings. The molecule has 0 aliphatic heterocycles. The number of halogens is 4. The van der Waals surface area contributed by atoms with Gasteiger partial charge in [0.25, 0.3) is 0 Å². The maximum Gasteiger partial charge on any atom is 0.423 e. The number of rotatable bonds is 6. The van der Waals surface area contributed by atoms with E-state index in [9.17, 15) is 17.6 Å². The zero-order valence-electron chi connectivity index (χ0n) is 16.0. The van der Waals surface area contributed by atoms with Gasteiger partial charge >= 0.3 is 6.18 Å². The Kier molecular flexibility index (Phi) is 4.34. The number of allylic oxidation sites excluding steroid dienone is 1. The molecule has 0 spiro atoms. The van der Waals surface area contributed by atoms with Gasteiger partial charge < -0.3 is 4.74 Å². The van der Waals surface area contributed by atoms with Crippen LogP contribution in [0.15, 0.2) is 48.9 Å². The van der Waals surface area contributed by atoms with E-state index in [1.54, 1.807) is 18.2 Å². The summed E-state index contributed by atoms with van der Waals surface area (Å²) < 4.78 is 62.6. The minimum absolute atomic E-state index is 0.144. The first kappa shape index (κ1) is 19.1. The Balaban J connectivity index is 1.43. The van der Waals surface area contributed by atoms with E-state index in [0.29, 0.717) is 30.1 Å². The van der Waals surface area contributed by atoms with E-state index in [1.165, 1.54) is 22.7 Å². The quantitative estimate of drug-likeness (QED) is 0.391. The maximum absolute atomic E-state index is 14.0. The van der Waals surface area contributed by atoms with Gasteiger partial charge in [-0.25, -0.2) is 4.39 Å². The minimum atomic E-state index is -4.67. The van der Waals surface area contributed by atoms with Crippen molar-refractivity contribution < 1.29 is 22.3 Å². The molecule has 5 rings (SSSR count). The highest BCUT2D eigenvalue weighted by Gasteiger charge is 2.44. The number of fused-ring (bicyclic) bond motifs is 1. The fourth-order valence-corrected chi connectivity index (χ4v) is 3.94. The van der Waals surface area contributed by atoms with Gasteiger partial charge in [-0.15, -0.1) is 10.2 Å². The molecule has 8 heteroatoms. The fraction of sp³-hybridized carbons (Fsp3) is 0.364. The molecule has 2 fully saturated rings. The Morgan fingerprint density at radius 3 is 2.63 bits per heavy atom. The first-order valence-electron chi connectivity index (χ1n) is 9.88. The van der Waals surface area contributed by atoms with Crippen molar-refractivity contribution in [3.05, 3.63) is 71.6 Å². The first-order chi connectivity index (χ1) is 14.3. The van der Waals surface area contributed by atoms with Crippen LogP contribution in [0.4, 0.5) is 17.6 Å². The van der Waals surface area contributed by atoms with Crippen LogP contribution in [0.2, 0.25) is 0 Å². The lowest BCUT2D eigenvalue weighted by Gasteiger charge is -2.16. The van der Waals surface area contributed by atoms with Crippen molar-refractivity contribution >= 4 is 5.65 Å². The third-order valence-electron chi connectivity index (χ3n) is 5.81. The summed E-state index contributed by atoms with van der Waals surface area (Å²) in [5.41, 5.74) is -0.713. The van der Waals surface area contributed by atoms with Crippen LogP contribution < -0.4 is 4.74 Å². The normalized spacial score (nSPS) is 21.1. The molecule has 0 N–H and O–H groups in total. The number of benzene rings is 1. The van der Waals surface area contributed by atoms with E-state index in [0.717, 1.165) is 12.8 Å². The van der Waals surface area contributed by atoms with Crippen LogP contribution in [0.5, 0.6) is 5.75 Å². The number of aromatic nitrogens is 3. The zero-order valence-corrected chi connectivity index (χ0v) is 16.0. The monoisotopic (exact) mass is 417 g/mol. The molecular weight excluding hydrogens is 398 g/mol. The molecule has 1 aromatic carbocycles. The van der Waals surface area contributed by atoms with Crippen LogP contribution in [0, 0.1) is 17.7 Å². The minimum Gasteiger partial charge on any atom is -0.461 e. The summed E-state index contributed by atoms with van der Waals surface area (Å²) in [6, 6.07) is 7.66. The summed E-state index contributed by atoms with van der Waals surface area (Å²) in [4.78, 5) is 0. The van der Waals surface area contributed by atoms with Crippen molar-refractivity contribution in [1.29, 1.82) is 0 Å². The summed E-state index contributed by atoms with van der Waals surface area (Å²) in [7, 11) is 0. The Morgan fingerprint density at radius 2 is 1.93 bits per heavy atom. The van der Waals surface area contributed by atoms with Crippen LogP contribution in [-0.2, 0) is 12.6 Å². The molecular formula is C22H19F4N3O. The van der Waals surface area contributed by atoms with Gasteiger partial charge in [-0.2, -0.15) is 13.2 Å². The molecule has 2 unspecified atom stereocenters. The highest BCUT2D eigenvalue weighted by atomic mass is 19.4. The fourth-order valence-electron chi connectivity index (χ4n) is 3.94. The van der Waals surface area contributed by atoms with E-state index in [4.69, 9.17) is 4.74 Å². The number of hydrogen-bond acceptors (Lipinski definition) is 3. The molecule has 2 aliphatic carbocycles. The first-order valence-corrected chi connectivity index (χ1v) is 9.88. The number of pyridine rings is 1. The van der Waals surface area contributed by atoms with Crippen LogP contribution in [0.1, 0.15) is 42.1 Å². The highest BCUT2D eigenvalue weighted by Crippen LogP contribution is 2.53. The molecule has 2 atom stereocenters. The lowest BCUT2D eigenvalue weighted by Crippen LogP contribution is -2.12. The summed E-state index contributed by atoms with van der Waals surface area (Å²) in [6.45, 7) is 3.82. The molecule has 4 nitrogen and oxygen atoms in total. The van der Waals surface area contributed by atoms with Crippen molar-refractivity contribution in [2.75, 3.05) is 0 Å². The van der Waals surface area contributed by atoms with E-state index in [-0.39, 0.29) is 34.8 Å².